The van der Waals surface area contributed by atoms with Gasteiger partial charge in [-0.2, -0.15) is 0 Å². The molecule has 4 heteroatoms. The second kappa shape index (κ2) is 27.8. The van der Waals surface area contributed by atoms with Crippen molar-refractivity contribution < 1.29 is 19.1 Å². The molecule has 0 unspecified atom stereocenters. The smallest absolute Gasteiger partial charge is 0.305 e. The molecule has 244 valence electrons. The summed E-state index contributed by atoms with van der Waals surface area (Å²) >= 11 is 0. The Bertz CT molecular complexity index is 546. The van der Waals surface area contributed by atoms with Crippen LogP contribution in [0.25, 0.3) is 0 Å². The molecule has 0 saturated carbocycles. The molecule has 0 aromatic rings. The first kappa shape index (κ1) is 39.9. The second-order valence-electron chi connectivity index (χ2n) is 14.4. The number of hydrogen-bond acceptors (Lipinski definition) is 4. The van der Waals surface area contributed by atoms with E-state index in [1.165, 1.54) is 116 Å². The Labute approximate surface area is 256 Å². The van der Waals surface area contributed by atoms with E-state index in [0.29, 0.717) is 26.1 Å². The van der Waals surface area contributed by atoms with Gasteiger partial charge in [0.05, 0.1) is 13.2 Å². The molecular formula is C37H72O4. The Hall–Kier alpha value is -1.06. The van der Waals surface area contributed by atoms with Crippen LogP contribution < -0.4 is 0 Å². The minimum Gasteiger partial charge on any atom is -0.465 e. The van der Waals surface area contributed by atoms with E-state index in [4.69, 9.17) is 9.47 Å². The number of hydrogen-bond donors (Lipinski definition) is 0. The summed E-state index contributed by atoms with van der Waals surface area (Å²) in [5.74, 6) is 1.42. The van der Waals surface area contributed by atoms with Crippen LogP contribution in [0.4, 0.5) is 0 Å². The van der Waals surface area contributed by atoms with Gasteiger partial charge in [-0.25, -0.2) is 0 Å². The zero-order valence-corrected chi connectivity index (χ0v) is 28.7. The fourth-order valence-corrected chi connectivity index (χ4v) is 5.21. The van der Waals surface area contributed by atoms with Crippen molar-refractivity contribution in [1.82, 2.24) is 0 Å². The van der Waals surface area contributed by atoms with Gasteiger partial charge in [-0.3, -0.25) is 9.59 Å². The maximum Gasteiger partial charge on any atom is 0.305 e. The standard InChI is InChI=1S/C37H72O4/c1-33(2)27-23-19-15-11-7-9-13-17-21-25-29-35(38)40-31-37(5,6)32-41-36(39)30-26-22-18-14-10-8-12-16-20-24-28-34(3)4/h33-34H,7-32H2,1-6H3. The molecule has 0 spiro atoms. The van der Waals surface area contributed by atoms with Crippen LogP contribution in [0.3, 0.4) is 0 Å². The molecule has 0 rings (SSSR count). The summed E-state index contributed by atoms with van der Waals surface area (Å²) < 4.78 is 11.0. The molecule has 0 heterocycles. The van der Waals surface area contributed by atoms with Crippen LogP contribution in [0.1, 0.15) is 196 Å². The molecule has 0 aliphatic carbocycles. The molecule has 0 aliphatic rings. The summed E-state index contributed by atoms with van der Waals surface area (Å²) in [6.07, 6.45) is 29.1. The molecule has 4 nitrogen and oxygen atoms in total. The first-order chi connectivity index (χ1) is 19.6. The van der Waals surface area contributed by atoms with Crippen LogP contribution in [-0.2, 0) is 19.1 Å². The minimum atomic E-state index is -0.352. The van der Waals surface area contributed by atoms with Gasteiger partial charge in [-0.05, 0) is 24.7 Å². The lowest BCUT2D eigenvalue weighted by Gasteiger charge is -2.23. The molecule has 0 N–H and O–H groups in total. The van der Waals surface area contributed by atoms with Gasteiger partial charge in [0, 0.05) is 18.3 Å². The third-order valence-corrected chi connectivity index (χ3v) is 8.07. The van der Waals surface area contributed by atoms with Crippen LogP contribution >= 0.6 is 0 Å². The van der Waals surface area contributed by atoms with Crippen LogP contribution in [0.2, 0.25) is 0 Å². The highest BCUT2D eigenvalue weighted by atomic mass is 16.5. The molecule has 0 fully saturated rings. The number of unbranched alkanes of at least 4 members (excludes halogenated alkanes) is 18. The zero-order chi connectivity index (χ0) is 30.6. The molecule has 0 atom stereocenters. The van der Waals surface area contributed by atoms with Gasteiger partial charge in [-0.15, -0.1) is 0 Å². The van der Waals surface area contributed by atoms with Crippen LogP contribution in [0, 0.1) is 17.3 Å². The van der Waals surface area contributed by atoms with Crippen molar-refractivity contribution >= 4 is 11.9 Å². The number of rotatable bonds is 30. The Morgan fingerprint density at radius 3 is 0.951 bits per heavy atom. The SMILES string of the molecule is CC(C)CCCCCCCCCCCCC(=O)OCC(C)(C)COC(=O)CCCCCCCCCCCCC(C)C. The molecule has 0 bridgehead atoms. The second-order valence-corrected chi connectivity index (χ2v) is 14.4. The fraction of sp³-hybridized carbons (Fsp3) is 0.946. The van der Waals surface area contributed by atoms with Crippen molar-refractivity contribution in [2.24, 2.45) is 17.3 Å². The van der Waals surface area contributed by atoms with Crippen LogP contribution in [-0.4, -0.2) is 25.2 Å². The topological polar surface area (TPSA) is 52.6 Å². The molecule has 0 amide bonds. The van der Waals surface area contributed by atoms with E-state index in [-0.39, 0.29) is 17.4 Å². The predicted molar refractivity (Wildman–Crippen MR) is 176 cm³/mol. The van der Waals surface area contributed by atoms with Crippen LogP contribution in [0.5, 0.6) is 0 Å². The Kier molecular flexibility index (Phi) is 27.0. The lowest BCUT2D eigenvalue weighted by atomic mass is 9.96. The lowest BCUT2D eigenvalue weighted by Crippen LogP contribution is -2.28. The first-order valence-corrected chi connectivity index (χ1v) is 17.9. The third-order valence-electron chi connectivity index (χ3n) is 8.07. The largest absolute Gasteiger partial charge is 0.465 e. The summed E-state index contributed by atoms with van der Waals surface area (Å²) in [6, 6.07) is 0. The van der Waals surface area contributed by atoms with E-state index in [1.54, 1.807) is 0 Å². The average Bonchev–Trinajstić information content (AvgIpc) is 2.91. The third kappa shape index (κ3) is 31.7. The average molecular weight is 581 g/mol. The van der Waals surface area contributed by atoms with E-state index in [2.05, 4.69) is 27.7 Å². The van der Waals surface area contributed by atoms with Gasteiger partial charge >= 0.3 is 11.9 Å². The Morgan fingerprint density at radius 2 is 0.683 bits per heavy atom. The Morgan fingerprint density at radius 1 is 0.439 bits per heavy atom. The summed E-state index contributed by atoms with van der Waals surface area (Å²) in [6.45, 7) is 13.8. The monoisotopic (exact) mass is 581 g/mol. The van der Waals surface area contributed by atoms with Gasteiger partial charge in [0.15, 0.2) is 0 Å². The highest BCUT2D eigenvalue weighted by Crippen LogP contribution is 2.19. The summed E-state index contributed by atoms with van der Waals surface area (Å²) in [7, 11) is 0. The Balaban J connectivity index is 3.55. The van der Waals surface area contributed by atoms with Gasteiger partial charge in [-0.1, -0.05) is 170 Å². The van der Waals surface area contributed by atoms with Gasteiger partial charge in [0.1, 0.15) is 0 Å². The van der Waals surface area contributed by atoms with E-state index >= 15 is 0 Å². The van der Waals surface area contributed by atoms with Crippen molar-refractivity contribution in [2.75, 3.05) is 13.2 Å². The van der Waals surface area contributed by atoms with Gasteiger partial charge in [0.2, 0.25) is 0 Å². The predicted octanol–water partition coefficient (Wildman–Crippen LogP) is 11.8. The van der Waals surface area contributed by atoms with E-state index in [9.17, 15) is 9.59 Å². The van der Waals surface area contributed by atoms with Crippen molar-refractivity contribution in [2.45, 2.75) is 196 Å². The molecule has 0 radical (unpaired) electrons. The number of carbonyl (C=O) groups excluding carboxylic acids is 2. The molecule has 0 aromatic carbocycles. The quantitative estimate of drug-likeness (QED) is 0.0626. The summed E-state index contributed by atoms with van der Waals surface area (Å²) in [4.78, 5) is 24.3. The van der Waals surface area contributed by atoms with E-state index in [0.717, 1.165) is 37.5 Å². The first-order valence-electron chi connectivity index (χ1n) is 17.9. The van der Waals surface area contributed by atoms with E-state index < -0.39 is 0 Å². The lowest BCUT2D eigenvalue weighted by molar-refractivity contribution is -0.152. The van der Waals surface area contributed by atoms with Gasteiger partial charge < -0.3 is 9.47 Å². The zero-order valence-electron chi connectivity index (χ0n) is 28.7. The van der Waals surface area contributed by atoms with E-state index in [1.807, 2.05) is 13.8 Å². The molecule has 0 aromatic heterocycles. The van der Waals surface area contributed by atoms with Crippen LogP contribution in [0.15, 0.2) is 0 Å². The van der Waals surface area contributed by atoms with Crippen molar-refractivity contribution in [3.05, 3.63) is 0 Å². The maximum atomic E-state index is 12.2. The molecule has 0 saturated heterocycles. The highest BCUT2D eigenvalue weighted by molar-refractivity contribution is 5.69. The molecule has 41 heavy (non-hydrogen) atoms. The van der Waals surface area contributed by atoms with Gasteiger partial charge in [0.25, 0.3) is 0 Å². The number of esters is 2. The number of ether oxygens (including phenoxy) is 2. The van der Waals surface area contributed by atoms with Crippen molar-refractivity contribution in [1.29, 1.82) is 0 Å². The van der Waals surface area contributed by atoms with Crippen molar-refractivity contribution in [3.63, 3.8) is 0 Å². The fourth-order valence-electron chi connectivity index (χ4n) is 5.21. The normalized spacial score (nSPS) is 11.9. The number of carbonyl (C=O) groups is 2. The molecule has 0 aliphatic heterocycles. The molecular weight excluding hydrogens is 508 g/mol. The summed E-state index contributed by atoms with van der Waals surface area (Å²) in [5.41, 5.74) is -0.352. The highest BCUT2D eigenvalue weighted by Gasteiger charge is 2.22. The van der Waals surface area contributed by atoms with Crippen molar-refractivity contribution in [3.8, 4) is 0 Å². The maximum absolute atomic E-state index is 12.2. The summed E-state index contributed by atoms with van der Waals surface area (Å²) in [5, 5.41) is 0. The minimum absolute atomic E-state index is 0.128.